The van der Waals surface area contributed by atoms with Crippen LogP contribution in [0.3, 0.4) is 0 Å². The highest BCUT2D eigenvalue weighted by Gasteiger charge is 2.10. The Balaban J connectivity index is 0.00000272. The average molecular weight is 438 g/mol. The lowest BCUT2D eigenvalue weighted by molar-refractivity contribution is 0.425. The normalized spacial score (nSPS) is 11.1. The van der Waals surface area contributed by atoms with E-state index in [1.165, 1.54) is 6.33 Å². The third-order valence-corrected chi connectivity index (χ3v) is 4.40. The van der Waals surface area contributed by atoms with Crippen molar-refractivity contribution in [3.05, 3.63) is 66.7 Å². The quantitative estimate of drug-likeness (QED) is 0.323. The Morgan fingerprint density at radius 2 is 1.87 bits per heavy atom. The summed E-state index contributed by atoms with van der Waals surface area (Å²) in [4.78, 5) is 15.2. The second kappa shape index (κ2) is 10.5. The zero-order chi connectivity index (χ0) is 20.8. The van der Waals surface area contributed by atoms with Crippen LogP contribution in [0.25, 0.3) is 16.7 Å². The largest absolute Gasteiger partial charge is 0.369 e. The number of likely N-dealkylation sites (N-methyl/N-ethyl adjacent to an activating group) is 1. The number of hydrazone groups is 1. The van der Waals surface area contributed by atoms with Crippen molar-refractivity contribution in [2.45, 2.75) is 0 Å². The zero-order valence-electron chi connectivity index (χ0n) is 17.3. The molecule has 0 atom stereocenters. The first-order valence-corrected chi connectivity index (χ1v) is 9.58. The van der Waals surface area contributed by atoms with Gasteiger partial charge in [0.15, 0.2) is 11.5 Å². The molecular formula is C21H24ClN9. The maximum atomic E-state index is 4.44. The summed E-state index contributed by atoms with van der Waals surface area (Å²) in [5.41, 5.74) is 5.51. The first kappa shape index (κ1) is 22.1. The van der Waals surface area contributed by atoms with E-state index in [-0.39, 0.29) is 12.4 Å². The van der Waals surface area contributed by atoms with Gasteiger partial charge in [-0.25, -0.2) is 19.6 Å². The Kier molecular flexibility index (Phi) is 7.47. The lowest BCUT2D eigenvalue weighted by atomic mass is 10.3. The second-order valence-corrected chi connectivity index (χ2v) is 6.93. The van der Waals surface area contributed by atoms with E-state index >= 15 is 0 Å². The Bertz CT molecular complexity index is 1120. The van der Waals surface area contributed by atoms with E-state index in [0.717, 1.165) is 35.5 Å². The molecule has 0 bridgehead atoms. The fourth-order valence-corrected chi connectivity index (χ4v) is 2.85. The van der Waals surface area contributed by atoms with Crippen LogP contribution < -0.4 is 10.7 Å². The molecule has 3 aromatic heterocycles. The van der Waals surface area contributed by atoms with Gasteiger partial charge in [-0.1, -0.05) is 18.2 Å². The third kappa shape index (κ3) is 5.53. The molecule has 9 nitrogen and oxygen atoms in total. The maximum absolute atomic E-state index is 4.44. The number of hydrogen-bond acceptors (Lipinski definition) is 8. The number of para-hydroxylation sites is 1. The van der Waals surface area contributed by atoms with Crippen LogP contribution in [0, 0.1) is 0 Å². The van der Waals surface area contributed by atoms with E-state index in [9.17, 15) is 0 Å². The van der Waals surface area contributed by atoms with Gasteiger partial charge in [0, 0.05) is 24.8 Å². The number of nitrogens with one attached hydrogen (secondary N) is 2. The molecule has 0 aliphatic carbocycles. The molecule has 0 unspecified atom stereocenters. The molecule has 1 aromatic carbocycles. The Hall–Kier alpha value is -3.56. The van der Waals surface area contributed by atoms with E-state index in [1.54, 1.807) is 23.3 Å². The molecule has 0 saturated carbocycles. The summed E-state index contributed by atoms with van der Waals surface area (Å²) in [5, 5.41) is 12.8. The summed E-state index contributed by atoms with van der Waals surface area (Å²) in [6.45, 7) is 1.79. The van der Waals surface area contributed by atoms with Crippen LogP contribution >= 0.6 is 12.4 Å². The van der Waals surface area contributed by atoms with Crippen molar-refractivity contribution in [2.75, 3.05) is 37.9 Å². The summed E-state index contributed by atoms with van der Waals surface area (Å²) in [7, 11) is 4.08. The van der Waals surface area contributed by atoms with Gasteiger partial charge >= 0.3 is 0 Å². The topological polar surface area (TPSA) is 96.1 Å². The number of halogens is 1. The maximum Gasteiger partial charge on any atom is 0.168 e. The van der Waals surface area contributed by atoms with Crippen LogP contribution in [0.2, 0.25) is 0 Å². The molecule has 160 valence electrons. The second-order valence-electron chi connectivity index (χ2n) is 6.93. The summed E-state index contributed by atoms with van der Waals surface area (Å²) in [6.07, 6.45) is 6.70. The Morgan fingerprint density at radius 1 is 1.03 bits per heavy atom. The Morgan fingerprint density at radius 3 is 2.61 bits per heavy atom. The van der Waals surface area contributed by atoms with E-state index in [0.29, 0.717) is 11.5 Å². The minimum Gasteiger partial charge on any atom is -0.369 e. The molecule has 4 aromatic rings. The number of fused-ring (bicyclic) bond motifs is 1. The highest BCUT2D eigenvalue weighted by atomic mass is 35.5. The molecule has 0 fully saturated rings. The van der Waals surface area contributed by atoms with Crippen LogP contribution in [-0.2, 0) is 0 Å². The summed E-state index contributed by atoms with van der Waals surface area (Å²) in [6, 6.07) is 13.7. The van der Waals surface area contributed by atoms with E-state index in [1.807, 2.05) is 56.6 Å². The standard InChI is InChI=1S/C21H23N9.ClH/c1-29(2)11-10-22-19-9-8-16(12-23-19)13-26-28-20-18-14-27-30(21(18)25-15-24-20)17-6-4-3-5-7-17;/h3-9,12-15H,10-11H2,1-2H3,(H,22,23)(H,24,25,28);1H/b26-13+;. The van der Waals surface area contributed by atoms with E-state index in [2.05, 4.69) is 40.8 Å². The molecule has 0 amide bonds. The molecule has 3 heterocycles. The van der Waals surface area contributed by atoms with Gasteiger partial charge in [0.05, 0.1) is 23.5 Å². The fraction of sp³-hybridized carbons (Fsp3) is 0.190. The van der Waals surface area contributed by atoms with Crippen molar-refractivity contribution >= 4 is 41.3 Å². The molecule has 0 spiro atoms. The van der Waals surface area contributed by atoms with Gasteiger partial charge in [0.1, 0.15) is 12.1 Å². The lowest BCUT2D eigenvalue weighted by Gasteiger charge is -2.10. The van der Waals surface area contributed by atoms with Crippen molar-refractivity contribution in [3.63, 3.8) is 0 Å². The summed E-state index contributed by atoms with van der Waals surface area (Å²) in [5.74, 6) is 1.43. The third-order valence-electron chi connectivity index (χ3n) is 4.40. The van der Waals surface area contributed by atoms with Gasteiger partial charge < -0.3 is 10.2 Å². The van der Waals surface area contributed by atoms with Crippen molar-refractivity contribution in [1.82, 2.24) is 29.6 Å². The van der Waals surface area contributed by atoms with Gasteiger partial charge in [0.25, 0.3) is 0 Å². The van der Waals surface area contributed by atoms with Crippen LogP contribution in [-0.4, -0.2) is 63.0 Å². The van der Waals surface area contributed by atoms with Crippen LogP contribution in [0.15, 0.2) is 66.3 Å². The van der Waals surface area contributed by atoms with Gasteiger partial charge in [-0.2, -0.15) is 10.2 Å². The van der Waals surface area contributed by atoms with Crippen molar-refractivity contribution in [1.29, 1.82) is 0 Å². The first-order valence-electron chi connectivity index (χ1n) is 9.58. The molecule has 0 radical (unpaired) electrons. The molecule has 4 rings (SSSR count). The highest BCUT2D eigenvalue weighted by Crippen LogP contribution is 2.21. The van der Waals surface area contributed by atoms with Gasteiger partial charge in [-0.05, 0) is 38.4 Å². The smallest absolute Gasteiger partial charge is 0.168 e. The monoisotopic (exact) mass is 437 g/mol. The SMILES string of the molecule is CN(C)CCNc1ccc(/C=N/Nc2ncnc3c2cnn3-c2ccccc2)cn1.Cl. The number of pyridine rings is 1. The molecule has 0 aliphatic heterocycles. The van der Waals surface area contributed by atoms with Crippen molar-refractivity contribution in [2.24, 2.45) is 5.10 Å². The van der Waals surface area contributed by atoms with Crippen LogP contribution in [0.1, 0.15) is 5.56 Å². The predicted octanol–water partition coefficient (Wildman–Crippen LogP) is 3.05. The predicted molar refractivity (Wildman–Crippen MR) is 126 cm³/mol. The molecule has 0 saturated heterocycles. The number of rotatable bonds is 8. The molecule has 2 N–H and O–H groups in total. The van der Waals surface area contributed by atoms with Gasteiger partial charge in [-0.15, -0.1) is 12.4 Å². The molecular weight excluding hydrogens is 414 g/mol. The molecule has 0 aliphatic rings. The number of nitrogens with zero attached hydrogens (tertiary/aromatic N) is 7. The van der Waals surface area contributed by atoms with Gasteiger partial charge in [0.2, 0.25) is 0 Å². The minimum atomic E-state index is 0. The van der Waals surface area contributed by atoms with Crippen LogP contribution in [0.4, 0.5) is 11.6 Å². The summed E-state index contributed by atoms with van der Waals surface area (Å²) < 4.78 is 1.78. The number of hydrogen-bond donors (Lipinski definition) is 2. The molecule has 10 heteroatoms. The highest BCUT2D eigenvalue weighted by molar-refractivity contribution is 5.88. The number of aromatic nitrogens is 5. The van der Waals surface area contributed by atoms with E-state index in [4.69, 9.17) is 0 Å². The van der Waals surface area contributed by atoms with E-state index < -0.39 is 0 Å². The van der Waals surface area contributed by atoms with Crippen molar-refractivity contribution in [3.8, 4) is 5.69 Å². The fourth-order valence-electron chi connectivity index (χ4n) is 2.85. The number of benzene rings is 1. The minimum absolute atomic E-state index is 0. The van der Waals surface area contributed by atoms with Crippen molar-refractivity contribution < 1.29 is 0 Å². The summed E-state index contributed by atoms with van der Waals surface area (Å²) >= 11 is 0. The number of anilines is 2. The Labute approximate surface area is 186 Å². The molecule has 31 heavy (non-hydrogen) atoms. The first-order chi connectivity index (χ1) is 14.7. The zero-order valence-corrected chi connectivity index (χ0v) is 18.1. The lowest BCUT2D eigenvalue weighted by Crippen LogP contribution is -2.21. The average Bonchev–Trinajstić information content (AvgIpc) is 3.20. The van der Waals surface area contributed by atoms with Gasteiger partial charge in [-0.3, -0.25) is 5.43 Å². The van der Waals surface area contributed by atoms with Crippen LogP contribution in [0.5, 0.6) is 0 Å².